The third-order valence-corrected chi connectivity index (χ3v) is 3.82. The maximum atomic E-state index is 11.7. The van der Waals surface area contributed by atoms with Crippen molar-refractivity contribution in [3.05, 3.63) is 47.9 Å². The molecule has 0 aliphatic rings. The van der Waals surface area contributed by atoms with Gasteiger partial charge in [-0.2, -0.15) is 5.10 Å². The molecule has 0 aliphatic heterocycles. The lowest BCUT2D eigenvalue weighted by molar-refractivity contribution is -0.311. The van der Waals surface area contributed by atoms with E-state index in [4.69, 9.17) is 0 Å². The van der Waals surface area contributed by atoms with Crippen molar-refractivity contribution >= 4 is 11.6 Å². The number of benzene rings is 1. The smallest absolute Gasteiger partial charge is 0.264 e. The molecule has 25 heavy (non-hydrogen) atoms. The zero-order valence-electron chi connectivity index (χ0n) is 15.4. The fourth-order valence-electron chi connectivity index (χ4n) is 2.37. The normalized spacial score (nSPS) is 12.1. The van der Waals surface area contributed by atoms with Gasteiger partial charge in [-0.15, -0.1) is 0 Å². The van der Waals surface area contributed by atoms with E-state index in [1.807, 2.05) is 37.3 Å². The van der Waals surface area contributed by atoms with E-state index in [9.17, 15) is 9.90 Å². The quantitative estimate of drug-likeness (QED) is 0.201. The lowest BCUT2D eigenvalue weighted by atomic mass is 10.1. The Balaban J connectivity index is 2.22. The van der Waals surface area contributed by atoms with Crippen molar-refractivity contribution in [3.63, 3.8) is 0 Å². The average molecular weight is 344 g/mol. The molecule has 0 saturated heterocycles. The van der Waals surface area contributed by atoms with Crippen molar-refractivity contribution in [2.75, 3.05) is 6.54 Å². The van der Waals surface area contributed by atoms with Crippen LogP contribution in [0.2, 0.25) is 0 Å². The van der Waals surface area contributed by atoms with Crippen LogP contribution in [0.15, 0.2) is 47.4 Å². The number of nitrogens with one attached hydrogen (secondary N) is 2. The summed E-state index contributed by atoms with van der Waals surface area (Å²) in [5.41, 5.74) is 4.43. The van der Waals surface area contributed by atoms with Crippen LogP contribution in [-0.2, 0) is 11.2 Å². The minimum Gasteiger partial charge on any atom is -0.860 e. The molecular weight excluding hydrogens is 314 g/mol. The van der Waals surface area contributed by atoms with Crippen LogP contribution in [-0.4, -0.2) is 18.2 Å². The fourth-order valence-corrected chi connectivity index (χ4v) is 2.37. The predicted molar refractivity (Wildman–Crippen MR) is 101 cm³/mol. The molecule has 2 N–H and O–H groups in total. The molecule has 0 aromatic heterocycles. The van der Waals surface area contributed by atoms with Crippen LogP contribution < -0.4 is 15.8 Å². The summed E-state index contributed by atoms with van der Waals surface area (Å²) >= 11 is 0. The SMILES string of the molecule is CCCCCCC/C(C)=N/NC(=O)/C=C(\[O-])NCCc1ccccc1. The molecule has 0 heterocycles. The molecule has 5 nitrogen and oxygen atoms in total. The van der Waals surface area contributed by atoms with Gasteiger partial charge < -0.3 is 10.4 Å². The summed E-state index contributed by atoms with van der Waals surface area (Å²) in [7, 11) is 0. The molecule has 0 unspecified atom stereocenters. The first-order valence-corrected chi connectivity index (χ1v) is 9.11. The van der Waals surface area contributed by atoms with E-state index >= 15 is 0 Å². The van der Waals surface area contributed by atoms with E-state index in [2.05, 4.69) is 22.8 Å². The summed E-state index contributed by atoms with van der Waals surface area (Å²) in [6.45, 7) is 4.57. The van der Waals surface area contributed by atoms with E-state index in [0.29, 0.717) is 6.54 Å². The molecule has 0 fully saturated rings. The highest BCUT2D eigenvalue weighted by Gasteiger charge is 1.97. The molecule has 0 saturated carbocycles. The number of rotatable bonds is 12. The van der Waals surface area contributed by atoms with E-state index in [-0.39, 0.29) is 0 Å². The highest BCUT2D eigenvalue weighted by atomic mass is 16.3. The van der Waals surface area contributed by atoms with Crippen LogP contribution >= 0.6 is 0 Å². The van der Waals surface area contributed by atoms with Crippen molar-refractivity contribution < 1.29 is 9.90 Å². The molecule has 0 atom stereocenters. The van der Waals surface area contributed by atoms with Gasteiger partial charge in [0.15, 0.2) is 0 Å². The minimum absolute atomic E-state index is 0.402. The van der Waals surface area contributed by atoms with Gasteiger partial charge in [-0.25, -0.2) is 5.43 Å². The van der Waals surface area contributed by atoms with E-state index in [0.717, 1.165) is 36.6 Å². The fraction of sp³-hybridized carbons (Fsp3) is 0.500. The second kappa shape index (κ2) is 13.0. The first kappa shape index (κ1) is 20.7. The third-order valence-electron chi connectivity index (χ3n) is 3.82. The monoisotopic (exact) mass is 344 g/mol. The molecular formula is C20H30N3O2-. The van der Waals surface area contributed by atoms with Crippen molar-refractivity contribution in [1.82, 2.24) is 10.7 Å². The minimum atomic E-state index is -0.498. The Bertz CT molecular complexity index is 553. The van der Waals surface area contributed by atoms with E-state index in [1.165, 1.54) is 25.7 Å². The summed E-state index contributed by atoms with van der Waals surface area (Å²) in [6.07, 6.45) is 8.60. The van der Waals surface area contributed by atoms with Crippen molar-refractivity contribution in [3.8, 4) is 0 Å². The Morgan fingerprint density at radius 1 is 1.16 bits per heavy atom. The first-order chi connectivity index (χ1) is 12.1. The summed E-state index contributed by atoms with van der Waals surface area (Å²) in [4.78, 5) is 11.7. The number of hydrogen-bond donors (Lipinski definition) is 2. The van der Waals surface area contributed by atoms with E-state index < -0.39 is 11.8 Å². The van der Waals surface area contributed by atoms with Gasteiger partial charge >= 0.3 is 0 Å². The molecule has 1 amide bonds. The number of hydrazone groups is 1. The number of unbranched alkanes of at least 4 members (excludes halogenated alkanes) is 4. The molecule has 1 aromatic carbocycles. The summed E-state index contributed by atoms with van der Waals surface area (Å²) in [6, 6.07) is 9.88. The second-order valence-corrected chi connectivity index (χ2v) is 6.16. The largest absolute Gasteiger partial charge is 0.860 e. The lowest BCUT2D eigenvalue weighted by Gasteiger charge is -2.14. The number of hydrogen-bond acceptors (Lipinski definition) is 4. The van der Waals surface area contributed by atoms with Crippen molar-refractivity contribution in [1.29, 1.82) is 0 Å². The predicted octanol–water partition coefficient (Wildman–Crippen LogP) is 2.87. The standard InChI is InChI=1S/C20H31N3O2/c1-3-4-5-6-8-11-17(2)22-23-20(25)16-19(24)21-15-14-18-12-9-7-10-13-18/h7,9-10,12-13,16,21,24H,3-6,8,11,14-15H2,1-2H3,(H,23,25)/p-1/b19-16-,22-17+. The van der Waals surface area contributed by atoms with Gasteiger partial charge in [0, 0.05) is 18.3 Å². The molecule has 138 valence electrons. The van der Waals surface area contributed by atoms with Gasteiger partial charge in [0.25, 0.3) is 5.91 Å². The van der Waals surface area contributed by atoms with Crippen LogP contribution in [0.3, 0.4) is 0 Å². The molecule has 0 aliphatic carbocycles. The van der Waals surface area contributed by atoms with Gasteiger partial charge in [0.2, 0.25) is 0 Å². The molecule has 0 bridgehead atoms. The van der Waals surface area contributed by atoms with Crippen LogP contribution in [0.1, 0.15) is 57.9 Å². The Labute approximate surface area is 151 Å². The Morgan fingerprint density at radius 3 is 2.60 bits per heavy atom. The van der Waals surface area contributed by atoms with Gasteiger partial charge in [0.05, 0.1) is 0 Å². The number of amides is 1. The summed E-state index contributed by atoms with van der Waals surface area (Å²) in [5, 5.41) is 18.4. The number of carbonyl (C=O) groups is 1. The van der Waals surface area contributed by atoms with Crippen LogP contribution in [0.25, 0.3) is 0 Å². The van der Waals surface area contributed by atoms with Crippen LogP contribution in [0.5, 0.6) is 0 Å². The Morgan fingerprint density at radius 2 is 1.88 bits per heavy atom. The number of carbonyl (C=O) groups excluding carboxylic acids is 1. The highest BCUT2D eigenvalue weighted by molar-refractivity contribution is 5.89. The third kappa shape index (κ3) is 11.0. The van der Waals surface area contributed by atoms with Crippen molar-refractivity contribution in [2.24, 2.45) is 5.10 Å². The number of nitrogens with zero attached hydrogens (tertiary/aromatic N) is 1. The lowest BCUT2D eigenvalue weighted by Crippen LogP contribution is -2.28. The first-order valence-electron chi connectivity index (χ1n) is 9.11. The molecule has 0 radical (unpaired) electrons. The summed E-state index contributed by atoms with van der Waals surface area (Å²) < 4.78 is 0. The summed E-state index contributed by atoms with van der Waals surface area (Å²) in [5.74, 6) is -0.900. The second-order valence-electron chi connectivity index (χ2n) is 6.16. The van der Waals surface area contributed by atoms with Gasteiger partial charge in [0.1, 0.15) is 0 Å². The highest BCUT2D eigenvalue weighted by Crippen LogP contribution is 2.05. The van der Waals surface area contributed by atoms with Crippen molar-refractivity contribution in [2.45, 2.75) is 58.8 Å². The average Bonchev–Trinajstić information content (AvgIpc) is 2.60. The zero-order chi connectivity index (χ0) is 18.3. The van der Waals surface area contributed by atoms with Gasteiger partial charge in [-0.05, 0) is 37.6 Å². The van der Waals surface area contributed by atoms with Crippen LogP contribution in [0, 0.1) is 0 Å². The Kier molecular flexibility index (Phi) is 10.8. The zero-order valence-corrected chi connectivity index (χ0v) is 15.4. The van der Waals surface area contributed by atoms with Gasteiger partial charge in [-0.3, -0.25) is 4.79 Å². The Hall–Kier alpha value is -2.30. The molecule has 1 rings (SSSR count). The van der Waals surface area contributed by atoms with Crippen LogP contribution in [0.4, 0.5) is 0 Å². The molecule has 0 spiro atoms. The molecule has 1 aromatic rings. The van der Waals surface area contributed by atoms with E-state index in [1.54, 1.807) is 0 Å². The van der Waals surface area contributed by atoms with Gasteiger partial charge in [-0.1, -0.05) is 62.9 Å². The molecule has 5 heteroatoms. The topological polar surface area (TPSA) is 76.5 Å². The maximum Gasteiger partial charge on any atom is 0.264 e. The maximum absolute atomic E-state index is 11.7.